The van der Waals surface area contributed by atoms with Crippen molar-refractivity contribution < 1.29 is 14.6 Å². The van der Waals surface area contributed by atoms with Crippen molar-refractivity contribution in [1.82, 2.24) is 4.90 Å². The lowest BCUT2D eigenvalue weighted by atomic mass is 10.1. The van der Waals surface area contributed by atoms with Gasteiger partial charge in [0.15, 0.2) is 6.61 Å². The monoisotopic (exact) mass is 341 g/mol. The van der Waals surface area contributed by atoms with Gasteiger partial charge in [0.2, 0.25) is 0 Å². The molecule has 110 valence electrons. The minimum absolute atomic E-state index is 0.00364. The molecule has 1 aliphatic heterocycles. The molecule has 0 bridgehead atoms. The van der Waals surface area contributed by atoms with Crippen LogP contribution in [-0.4, -0.2) is 41.2 Å². The summed E-state index contributed by atoms with van der Waals surface area (Å²) in [6, 6.07) is 7.57. The van der Waals surface area contributed by atoms with Gasteiger partial charge >= 0.3 is 0 Å². The standard InChI is InChI=1S/C15H20BrNO3/c1-11(18)9-13-3-2-8-17(13)15(19)10-20-14-6-4-12(16)5-7-14/h4-7,11,13,18H,2-3,8-10H2,1H3. The predicted molar refractivity (Wildman–Crippen MR) is 80.7 cm³/mol. The van der Waals surface area contributed by atoms with Gasteiger partial charge in [-0.25, -0.2) is 0 Å². The summed E-state index contributed by atoms with van der Waals surface area (Å²) in [6.07, 6.45) is 2.24. The number of aliphatic hydroxyl groups is 1. The molecule has 1 saturated heterocycles. The Morgan fingerprint density at radius 1 is 1.50 bits per heavy atom. The number of amides is 1. The van der Waals surface area contributed by atoms with Crippen molar-refractivity contribution in [3.05, 3.63) is 28.7 Å². The van der Waals surface area contributed by atoms with E-state index in [9.17, 15) is 9.90 Å². The first kappa shape index (κ1) is 15.3. The van der Waals surface area contributed by atoms with Crippen LogP contribution in [0.5, 0.6) is 5.75 Å². The number of aliphatic hydroxyl groups excluding tert-OH is 1. The maximum atomic E-state index is 12.2. The molecule has 1 amide bonds. The van der Waals surface area contributed by atoms with E-state index in [1.165, 1.54) is 0 Å². The molecule has 0 radical (unpaired) electrons. The number of carbonyl (C=O) groups is 1. The summed E-state index contributed by atoms with van der Waals surface area (Å²) >= 11 is 3.36. The van der Waals surface area contributed by atoms with E-state index in [-0.39, 0.29) is 24.7 Å². The smallest absolute Gasteiger partial charge is 0.260 e. The van der Waals surface area contributed by atoms with Crippen LogP contribution in [0.15, 0.2) is 28.7 Å². The molecule has 1 aliphatic rings. The van der Waals surface area contributed by atoms with Gasteiger partial charge in [0, 0.05) is 17.1 Å². The molecule has 2 atom stereocenters. The highest BCUT2D eigenvalue weighted by Gasteiger charge is 2.29. The second-order valence-electron chi connectivity index (χ2n) is 5.21. The lowest BCUT2D eigenvalue weighted by Gasteiger charge is -2.25. The number of hydrogen-bond donors (Lipinski definition) is 1. The van der Waals surface area contributed by atoms with Gasteiger partial charge in [-0.15, -0.1) is 0 Å². The third-order valence-electron chi connectivity index (χ3n) is 3.49. The van der Waals surface area contributed by atoms with Gasteiger partial charge < -0.3 is 14.7 Å². The number of likely N-dealkylation sites (tertiary alicyclic amines) is 1. The zero-order valence-electron chi connectivity index (χ0n) is 11.6. The molecule has 2 unspecified atom stereocenters. The summed E-state index contributed by atoms with van der Waals surface area (Å²) < 4.78 is 6.49. The highest BCUT2D eigenvalue weighted by molar-refractivity contribution is 9.10. The van der Waals surface area contributed by atoms with Crippen LogP contribution >= 0.6 is 15.9 Å². The van der Waals surface area contributed by atoms with Crippen LogP contribution < -0.4 is 4.74 Å². The van der Waals surface area contributed by atoms with Crippen LogP contribution in [0, 0.1) is 0 Å². The summed E-state index contributed by atoms with van der Waals surface area (Å²) in [4.78, 5) is 14.0. The minimum atomic E-state index is -0.374. The number of halogens is 1. The van der Waals surface area contributed by atoms with Crippen LogP contribution in [-0.2, 0) is 4.79 Å². The number of rotatable bonds is 5. The molecule has 1 fully saturated rings. The van der Waals surface area contributed by atoms with Crippen molar-refractivity contribution in [3.63, 3.8) is 0 Å². The number of benzene rings is 1. The Morgan fingerprint density at radius 3 is 2.85 bits per heavy atom. The fraction of sp³-hybridized carbons (Fsp3) is 0.533. The van der Waals surface area contributed by atoms with Gasteiger partial charge in [0.1, 0.15) is 5.75 Å². The largest absolute Gasteiger partial charge is 0.484 e. The summed E-state index contributed by atoms with van der Waals surface area (Å²) in [5, 5.41) is 9.47. The van der Waals surface area contributed by atoms with Crippen molar-refractivity contribution >= 4 is 21.8 Å². The zero-order chi connectivity index (χ0) is 14.5. The molecular formula is C15H20BrNO3. The predicted octanol–water partition coefficient (Wildman–Crippen LogP) is 2.59. The topological polar surface area (TPSA) is 49.8 Å². The fourth-order valence-electron chi connectivity index (χ4n) is 2.56. The second kappa shape index (κ2) is 7.09. The minimum Gasteiger partial charge on any atom is -0.484 e. The zero-order valence-corrected chi connectivity index (χ0v) is 13.2. The van der Waals surface area contributed by atoms with Crippen molar-refractivity contribution in [3.8, 4) is 5.75 Å². The third kappa shape index (κ3) is 4.21. The maximum absolute atomic E-state index is 12.2. The van der Waals surface area contributed by atoms with Crippen molar-refractivity contribution in [2.45, 2.75) is 38.3 Å². The Hall–Kier alpha value is -1.07. The number of nitrogens with zero attached hydrogens (tertiary/aromatic N) is 1. The van der Waals surface area contributed by atoms with Gasteiger partial charge in [0.05, 0.1) is 6.10 Å². The second-order valence-corrected chi connectivity index (χ2v) is 6.13. The van der Waals surface area contributed by atoms with Gasteiger partial charge in [-0.05, 0) is 50.5 Å². The average molecular weight is 342 g/mol. The van der Waals surface area contributed by atoms with Crippen molar-refractivity contribution in [2.75, 3.05) is 13.2 Å². The van der Waals surface area contributed by atoms with Gasteiger partial charge in [0.25, 0.3) is 5.91 Å². The molecule has 1 aromatic rings. The van der Waals surface area contributed by atoms with E-state index in [2.05, 4.69) is 15.9 Å². The molecule has 4 nitrogen and oxygen atoms in total. The van der Waals surface area contributed by atoms with E-state index in [0.29, 0.717) is 12.2 Å². The third-order valence-corrected chi connectivity index (χ3v) is 4.02. The highest BCUT2D eigenvalue weighted by atomic mass is 79.9. The van der Waals surface area contributed by atoms with Gasteiger partial charge in [-0.2, -0.15) is 0 Å². The van der Waals surface area contributed by atoms with E-state index in [4.69, 9.17) is 4.74 Å². The first-order valence-corrected chi connectivity index (χ1v) is 7.71. The molecule has 20 heavy (non-hydrogen) atoms. The van der Waals surface area contributed by atoms with E-state index in [1.54, 1.807) is 6.92 Å². The average Bonchev–Trinajstić information content (AvgIpc) is 2.85. The molecule has 0 spiro atoms. The van der Waals surface area contributed by atoms with Crippen molar-refractivity contribution in [2.24, 2.45) is 0 Å². The van der Waals surface area contributed by atoms with E-state index >= 15 is 0 Å². The molecule has 2 rings (SSSR count). The van der Waals surface area contributed by atoms with E-state index in [1.807, 2.05) is 29.2 Å². The van der Waals surface area contributed by atoms with Crippen LogP contribution in [0.2, 0.25) is 0 Å². The van der Waals surface area contributed by atoms with Crippen LogP contribution in [0.1, 0.15) is 26.2 Å². The van der Waals surface area contributed by atoms with E-state index < -0.39 is 0 Å². The molecule has 0 saturated carbocycles. The molecule has 1 N–H and O–H groups in total. The fourth-order valence-corrected chi connectivity index (χ4v) is 2.83. The number of hydrogen-bond acceptors (Lipinski definition) is 3. The number of carbonyl (C=O) groups excluding carboxylic acids is 1. The summed E-state index contributed by atoms with van der Waals surface area (Å²) in [7, 11) is 0. The molecule has 1 aromatic carbocycles. The highest BCUT2D eigenvalue weighted by Crippen LogP contribution is 2.22. The summed E-state index contributed by atoms with van der Waals surface area (Å²) in [5.41, 5.74) is 0. The molecule has 1 heterocycles. The lowest BCUT2D eigenvalue weighted by molar-refractivity contribution is -0.134. The lowest BCUT2D eigenvalue weighted by Crippen LogP contribution is -2.39. The van der Waals surface area contributed by atoms with Crippen LogP contribution in [0.3, 0.4) is 0 Å². The quantitative estimate of drug-likeness (QED) is 0.895. The Labute approximate surface area is 127 Å². The Bertz CT molecular complexity index is 447. The normalized spacial score (nSPS) is 19.9. The first-order valence-electron chi connectivity index (χ1n) is 6.92. The van der Waals surface area contributed by atoms with Gasteiger partial charge in [-0.1, -0.05) is 15.9 Å². The Kier molecular flexibility index (Phi) is 5.43. The molecule has 5 heteroatoms. The molecular weight excluding hydrogens is 322 g/mol. The maximum Gasteiger partial charge on any atom is 0.260 e. The summed E-state index contributed by atoms with van der Waals surface area (Å²) in [5.74, 6) is 0.684. The molecule has 0 aromatic heterocycles. The molecule has 0 aliphatic carbocycles. The Morgan fingerprint density at radius 2 is 2.20 bits per heavy atom. The van der Waals surface area contributed by atoms with Crippen LogP contribution in [0.4, 0.5) is 0 Å². The van der Waals surface area contributed by atoms with Crippen molar-refractivity contribution in [1.29, 1.82) is 0 Å². The van der Waals surface area contributed by atoms with Crippen LogP contribution in [0.25, 0.3) is 0 Å². The van der Waals surface area contributed by atoms with Gasteiger partial charge in [-0.3, -0.25) is 4.79 Å². The Balaban J connectivity index is 1.86. The number of ether oxygens (including phenoxy) is 1. The SMILES string of the molecule is CC(O)CC1CCCN1C(=O)COc1ccc(Br)cc1. The first-order chi connectivity index (χ1) is 9.56. The van der Waals surface area contributed by atoms with E-state index in [0.717, 1.165) is 23.9 Å². The summed E-state index contributed by atoms with van der Waals surface area (Å²) in [6.45, 7) is 2.58.